The van der Waals surface area contributed by atoms with Crippen molar-refractivity contribution in [3.05, 3.63) is 65.0 Å². The van der Waals surface area contributed by atoms with Crippen molar-refractivity contribution in [2.45, 2.75) is 57.4 Å². The molecule has 1 aromatic heterocycles. The number of benzene rings is 1. The van der Waals surface area contributed by atoms with Gasteiger partial charge in [0.15, 0.2) is 0 Å². The predicted octanol–water partition coefficient (Wildman–Crippen LogP) is 5.13. The van der Waals surface area contributed by atoms with Crippen molar-refractivity contribution in [2.75, 3.05) is 0 Å². The van der Waals surface area contributed by atoms with Crippen molar-refractivity contribution in [1.82, 2.24) is 10.3 Å². The number of carbonyl (C=O) groups is 1. The molecule has 3 nitrogen and oxygen atoms in total. The van der Waals surface area contributed by atoms with Gasteiger partial charge in [-0.2, -0.15) is 0 Å². The fourth-order valence-electron chi connectivity index (χ4n) is 4.33. The number of carbonyl (C=O) groups excluding carboxylic acids is 1. The molecule has 0 bridgehead atoms. The number of nitrogens with zero attached hydrogens (tertiary/aromatic N) is 1. The molecule has 2 aromatic rings. The molecule has 138 valence electrons. The van der Waals surface area contributed by atoms with Gasteiger partial charge in [0.05, 0.1) is 11.1 Å². The molecule has 26 heavy (non-hydrogen) atoms. The Morgan fingerprint density at radius 3 is 2.54 bits per heavy atom. The van der Waals surface area contributed by atoms with Crippen LogP contribution >= 0.6 is 0 Å². The van der Waals surface area contributed by atoms with Crippen LogP contribution in [0.25, 0.3) is 0 Å². The molecule has 1 amide bonds. The van der Waals surface area contributed by atoms with Crippen molar-refractivity contribution in [3.63, 3.8) is 0 Å². The van der Waals surface area contributed by atoms with Crippen LogP contribution in [-0.2, 0) is 11.0 Å². The van der Waals surface area contributed by atoms with Crippen LogP contribution in [0.3, 0.4) is 0 Å². The summed E-state index contributed by atoms with van der Waals surface area (Å²) >= 11 is 0. The summed E-state index contributed by atoms with van der Waals surface area (Å²) in [6.45, 7) is 6.38. The van der Waals surface area contributed by atoms with Crippen LogP contribution in [0.15, 0.2) is 42.6 Å². The van der Waals surface area contributed by atoms with Gasteiger partial charge in [0.1, 0.15) is 5.69 Å². The van der Waals surface area contributed by atoms with E-state index >= 15 is 0 Å². The SMILES string of the molecule is CCCC1(NC(=O)c2cccnc2C(F)F)CC(C)(C)c2ccccc21. The van der Waals surface area contributed by atoms with Crippen LogP contribution in [0, 0.1) is 0 Å². The zero-order chi connectivity index (χ0) is 18.9. The number of nitrogens with one attached hydrogen (secondary N) is 1. The van der Waals surface area contributed by atoms with E-state index < -0.39 is 23.6 Å². The topological polar surface area (TPSA) is 42.0 Å². The van der Waals surface area contributed by atoms with Crippen LogP contribution in [0.5, 0.6) is 0 Å². The Kier molecular flexibility index (Phi) is 4.82. The third-order valence-corrected chi connectivity index (χ3v) is 5.23. The standard InChI is InChI=1S/C21H24F2N2O/c1-4-11-21(13-20(2,3)15-9-5-6-10-16(15)21)25-19(26)14-8-7-12-24-17(14)18(22)23/h5-10,12,18H,4,11,13H2,1-3H3,(H,25,26). The summed E-state index contributed by atoms with van der Waals surface area (Å²) in [6.07, 6.45) is 0.867. The molecule has 0 fully saturated rings. The van der Waals surface area contributed by atoms with Crippen molar-refractivity contribution in [3.8, 4) is 0 Å². The molecule has 1 unspecified atom stereocenters. The molecular weight excluding hydrogens is 334 g/mol. The van der Waals surface area contributed by atoms with Crippen LogP contribution < -0.4 is 5.32 Å². The van der Waals surface area contributed by atoms with E-state index in [4.69, 9.17) is 0 Å². The summed E-state index contributed by atoms with van der Waals surface area (Å²) in [6, 6.07) is 11.0. The minimum absolute atomic E-state index is 0.0554. The highest BCUT2D eigenvalue weighted by molar-refractivity contribution is 5.96. The fourth-order valence-corrected chi connectivity index (χ4v) is 4.33. The first-order chi connectivity index (χ1) is 12.3. The lowest BCUT2D eigenvalue weighted by Crippen LogP contribution is -2.45. The molecule has 1 aliphatic rings. The lowest BCUT2D eigenvalue weighted by atomic mass is 9.82. The molecular formula is C21H24F2N2O. The molecule has 0 spiro atoms. The monoisotopic (exact) mass is 358 g/mol. The number of aromatic nitrogens is 1. The Labute approximate surface area is 152 Å². The minimum atomic E-state index is -2.79. The number of pyridine rings is 1. The molecule has 0 radical (unpaired) electrons. The second kappa shape index (κ2) is 6.78. The quantitative estimate of drug-likeness (QED) is 0.805. The van der Waals surface area contributed by atoms with Gasteiger partial charge in [-0.05, 0) is 41.5 Å². The predicted molar refractivity (Wildman–Crippen MR) is 97.3 cm³/mol. The van der Waals surface area contributed by atoms with Crippen LogP contribution in [0.2, 0.25) is 0 Å². The highest BCUT2D eigenvalue weighted by Crippen LogP contribution is 2.50. The fraction of sp³-hybridized carbons (Fsp3) is 0.429. The normalized spacial score (nSPS) is 20.8. The molecule has 1 aromatic carbocycles. The zero-order valence-corrected chi connectivity index (χ0v) is 15.4. The average Bonchev–Trinajstić information content (AvgIpc) is 2.83. The van der Waals surface area contributed by atoms with Crippen LogP contribution in [-0.4, -0.2) is 10.9 Å². The summed E-state index contributed by atoms with van der Waals surface area (Å²) in [7, 11) is 0. The van der Waals surface area contributed by atoms with Gasteiger partial charge in [0, 0.05) is 6.20 Å². The number of hydrogen-bond donors (Lipinski definition) is 1. The molecule has 0 saturated heterocycles. The minimum Gasteiger partial charge on any atom is -0.342 e. The van der Waals surface area contributed by atoms with E-state index in [0.29, 0.717) is 0 Å². The van der Waals surface area contributed by atoms with E-state index in [1.807, 2.05) is 18.2 Å². The number of hydrogen-bond acceptors (Lipinski definition) is 2. The van der Waals surface area contributed by atoms with Gasteiger partial charge in [0.25, 0.3) is 12.3 Å². The van der Waals surface area contributed by atoms with E-state index in [2.05, 4.69) is 37.1 Å². The van der Waals surface area contributed by atoms with Crippen LogP contribution in [0.1, 0.15) is 73.6 Å². The third kappa shape index (κ3) is 3.11. The Morgan fingerprint density at radius 1 is 1.19 bits per heavy atom. The van der Waals surface area contributed by atoms with E-state index in [0.717, 1.165) is 24.8 Å². The van der Waals surface area contributed by atoms with Gasteiger partial charge in [0.2, 0.25) is 0 Å². The lowest BCUT2D eigenvalue weighted by Gasteiger charge is -2.33. The highest BCUT2D eigenvalue weighted by Gasteiger charge is 2.48. The number of fused-ring (bicyclic) bond motifs is 1. The largest absolute Gasteiger partial charge is 0.342 e. The second-order valence-corrected chi connectivity index (χ2v) is 7.63. The van der Waals surface area contributed by atoms with Gasteiger partial charge in [-0.1, -0.05) is 51.5 Å². The van der Waals surface area contributed by atoms with Crippen molar-refractivity contribution in [2.24, 2.45) is 0 Å². The highest BCUT2D eigenvalue weighted by atomic mass is 19.3. The molecule has 1 atom stereocenters. The van der Waals surface area contributed by atoms with Gasteiger partial charge in [-0.3, -0.25) is 9.78 Å². The van der Waals surface area contributed by atoms with E-state index in [-0.39, 0.29) is 11.0 Å². The number of alkyl halides is 2. The Bertz CT molecular complexity index is 819. The molecule has 1 aliphatic carbocycles. The maximum Gasteiger partial charge on any atom is 0.281 e. The molecule has 3 rings (SSSR count). The average molecular weight is 358 g/mol. The Morgan fingerprint density at radius 2 is 1.88 bits per heavy atom. The first-order valence-electron chi connectivity index (χ1n) is 8.96. The maximum absolute atomic E-state index is 13.3. The van der Waals surface area contributed by atoms with Gasteiger partial charge < -0.3 is 5.32 Å². The summed E-state index contributed by atoms with van der Waals surface area (Å²) in [4.78, 5) is 16.6. The Hall–Kier alpha value is -2.30. The smallest absolute Gasteiger partial charge is 0.281 e. The first-order valence-corrected chi connectivity index (χ1v) is 8.96. The number of amides is 1. The van der Waals surface area contributed by atoms with Gasteiger partial charge >= 0.3 is 0 Å². The first kappa shape index (κ1) is 18.5. The third-order valence-electron chi connectivity index (χ3n) is 5.23. The number of rotatable bonds is 5. The second-order valence-electron chi connectivity index (χ2n) is 7.63. The van der Waals surface area contributed by atoms with Gasteiger partial charge in [-0.25, -0.2) is 8.78 Å². The summed E-state index contributed by atoms with van der Waals surface area (Å²) < 4.78 is 26.5. The molecule has 0 aliphatic heterocycles. The van der Waals surface area contributed by atoms with Crippen molar-refractivity contribution >= 4 is 5.91 Å². The molecule has 1 heterocycles. The molecule has 5 heteroatoms. The maximum atomic E-state index is 13.3. The zero-order valence-electron chi connectivity index (χ0n) is 15.4. The summed E-state index contributed by atoms with van der Waals surface area (Å²) in [5.74, 6) is -0.491. The number of halogens is 2. The van der Waals surface area contributed by atoms with Crippen LogP contribution in [0.4, 0.5) is 8.78 Å². The summed E-state index contributed by atoms with van der Waals surface area (Å²) in [5.41, 5.74) is 1.11. The van der Waals surface area contributed by atoms with E-state index in [9.17, 15) is 13.6 Å². The van der Waals surface area contributed by atoms with Crippen molar-refractivity contribution in [1.29, 1.82) is 0 Å². The van der Waals surface area contributed by atoms with Gasteiger partial charge in [-0.15, -0.1) is 0 Å². The van der Waals surface area contributed by atoms with E-state index in [1.165, 1.54) is 23.9 Å². The molecule has 0 saturated carbocycles. The summed E-state index contributed by atoms with van der Waals surface area (Å²) in [5, 5.41) is 3.10. The van der Waals surface area contributed by atoms with Crippen molar-refractivity contribution < 1.29 is 13.6 Å². The van der Waals surface area contributed by atoms with E-state index in [1.54, 1.807) is 0 Å². The Balaban J connectivity index is 2.03. The lowest BCUT2D eigenvalue weighted by molar-refractivity contribution is 0.0865. The molecule has 1 N–H and O–H groups in total.